The first-order valence-corrected chi connectivity index (χ1v) is 17.1. The number of hydrogen-bond donors (Lipinski definition) is 4. The van der Waals surface area contributed by atoms with E-state index in [-0.39, 0.29) is 25.2 Å². The third kappa shape index (κ3) is 6.76. The minimum atomic E-state index is -4.64. The van der Waals surface area contributed by atoms with Crippen LogP contribution in [0.15, 0.2) is 64.8 Å². The van der Waals surface area contributed by atoms with Gasteiger partial charge >= 0.3 is 12.3 Å². The highest BCUT2D eigenvalue weighted by Crippen LogP contribution is 2.49. The number of carbonyl (C=O) groups is 2. The molecule has 2 aliphatic carbocycles. The molecule has 1 aromatic heterocycles. The molecule has 2 aliphatic heterocycles. The Bertz CT molecular complexity index is 1900. The number of alkyl halides is 3. The number of amides is 2. The second kappa shape index (κ2) is 12.5. The highest BCUT2D eigenvalue weighted by atomic mass is 35.5. The lowest BCUT2D eigenvalue weighted by Gasteiger charge is -2.35. The van der Waals surface area contributed by atoms with Crippen LogP contribution < -0.4 is 21.9 Å². The van der Waals surface area contributed by atoms with Crippen LogP contribution in [0.25, 0.3) is 11.1 Å². The lowest BCUT2D eigenvalue weighted by Crippen LogP contribution is -2.50. The van der Waals surface area contributed by atoms with E-state index in [0.717, 1.165) is 24.0 Å². The van der Waals surface area contributed by atoms with Crippen molar-refractivity contribution in [1.82, 2.24) is 30.8 Å². The number of nitrogens with two attached hydrogens (primary N) is 1. The average molecular weight is 726 g/mol. The van der Waals surface area contributed by atoms with Crippen molar-refractivity contribution in [2.24, 2.45) is 21.1 Å². The molecule has 3 aromatic rings. The van der Waals surface area contributed by atoms with E-state index in [1.807, 2.05) is 67.4 Å². The standard InChI is InChI=1S/C35H39ClF3N9O3/c1-32(2,3)18-34(23-7-4-20(5-8-23)22-15-43-47(16-22)24-9-10-24)29(49)48(30(40)44-34)27(17-51-31(50)45-33(12-13-33)35(37,38)39)21-6-11-26(36)25(14-21)28-41-19-42-46-28/h4-8,11,14-16,19,24,27-28,46H,9-10,12-13,17-18H2,1-3H3,(H2,40,44)(H,41,42)(H,45,50)/t27-,28?,34-/m1/s1. The van der Waals surface area contributed by atoms with Crippen LogP contribution in [0.2, 0.25) is 5.02 Å². The first kappa shape index (κ1) is 34.8. The number of aromatic nitrogens is 2. The van der Waals surface area contributed by atoms with Gasteiger partial charge < -0.3 is 21.2 Å². The molecule has 0 bridgehead atoms. The number of nitrogens with zero attached hydrogens (tertiary/aromatic N) is 5. The average Bonchev–Trinajstić information content (AvgIpc) is 3.93. The van der Waals surface area contributed by atoms with Gasteiger partial charge in [0, 0.05) is 22.3 Å². The van der Waals surface area contributed by atoms with Crippen LogP contribution in [0.1, 0.15) is 87.8 Å². The first-order chi connectivity index (χ1) is 24.1. The van der Waals surface area contributed by atoms with Crippen LogP contribution in [-0.4, -0.2) is 57.3 Å². The van der Waals surface area contributed by atoms with Crippen molar-refractivity contribution in [2.75, 3.05) is 6.61 Å². The van der Waals surface area contributed by atoms with Gasteiger partial charge in [-0.3, -0.25) is 14.4 Å². The topological polar surface area (TPSA) is 151 Å². The largest absolute Gasteiger partial charge is 0.447 e. The zero-order valence-electron chi connectivity index (χ0n) is 28.3. The maximum Gasteiger partial charge on any atom is 0.411 e. The molecule has 5 N–H and O–H groups in total. The summed E-state index contributed by atoms with van der Waals surface area (Å²) in [5, 5.41) is 6.85. The Morgan fingerprint density at radius 3 is 2.47 bits per heavy atom. The molecule has 51 heavy (non-hydrogen) atoms. The lowest BCUT2D eigenvalue weighted by atomic mass is 9.75. The van der Waals surface area contributed by atoms with Crippen molar-refractivity contribution in [2.45, 2.75) is 88.4 Å². The Morgan fingerprint density at radius 1 is 1.14 bits per heavy atom. The molecule has 2 saturated carbocycles. The molecule has 3 atom stereocenters. The number of hydrazine groups is 1. The molecule has 0 radical (unpaired) electrons. The van der Waals surface area contributed by atoms with Gasteiger partial charge in [-0.25, -0.2) is 20.2 Å². The predicted octanol–water partition coefficient (Wildman–Crippen LogP) is 6.02. The molecule has 4 aliphatic rings. The van der Waals surface area contributed by atoms with E-state index >= 15 is 0 Å². The maximum absolute atomic E-state index is 14.9. The Balaban J connectivity index is 1.23. The molecule has 270 valence electrons. The summed E-state index contributed by atoms with van der Waals surface area (Å²) in [5.74, 6) is -0.598. The Labute approximate surface area is 297 Å². The van der Waals surface area contributed by atoms with Gasteiger partial charge in [-0.1, -0.05) is 62.7 Å². The molecule has 0 spiro atoms. The number of ether oxygens (including phenoxy) is 1. The van der Waals surface area contributed by atoms with E-state index in [1.165, 1.54) is 11.2 Å². The quantitative estimate of drug-likeness (QED) is 0.200. The summed E-state index contributed by atoms with van der Waals surface area (Å²) in [5.41, 5.74) is 11.7. The lowest BCUT2D eigenvalue weighted by molar-refractivity contribution is -0.164. The van der Waals surface area contributed by atoms with E-state index in [2.05, 4.69) is 20.9 Å². The minimum Gasteiger partial charge on any atom is -0.447 e. The van der Waals surface area contributed by atoms with Crippen LogP contribution in [0.5, 0.6) is 0 Å². The third-order valence-electron chi connectivity index (χ3n) is 9.65. The Morgan fingerprint density at radius 2 is 1.86 bits per heavy atom. The van der Waals surface area contributed by atoms with E-state index < -0.39 is 53.5 Å². The molecule has 0 saturated heterocycles. The summed E-state index contributed by atoms with van der Waals surface area (Å²) in [7, 11) is 0. The van der Waals surface area contributed by atoms with E-state index in [9.17, 15) is 22.8 Å². The highest BCUT2D eigenvalue weighted by molar-refractivity contribution is 6.31. The van der Waals surface area contributed by atoms with Gasteiger partial charge in [0.1, 0.15) is 18.3 Å². The summed E-state index contributed by atoms with van der Waals surface area (Å²) in [6.45, 7) is 5.44. The van der Waals surface area contributed by atoms with Crippen LogP contribution in [-0.2, 0) is 15.1 Å². The number of hydrogen-bond acceptors (Lipinski definition) is 9. The summed E-state index contributed by atoms with van der Waals surface area (Å²) in [4.78, 5) is 38.2. The number of rotatable bonds is 10. The van der Waals surface area contributed by atoms with Gasteiger partial charge in [0.05, 0.1) is 24.6 Å². The van der Waals surface area contributed by atoms with Crippen molar-refractivity contribution in [3.05, 3.63) is 76.6 Å². The Hall–Kier alpha value is -4.63. The first-order valence-electron chi connectivity index (χ1n) is 16.8. The zero-order chi connectivity index (χ0) is 36.3. The molecular formula is C35H39ClF3N9O3. The van der Waals surface area contributed by atoms with Gasteiger partial charge in [0.25, 0.3) is 5.91 Å². The highest BCUT2D eigenvalue weighted by Gasteiger charge is 2.64. The second-order valence-corrected chi connectivity index (χ2v) is 15.2. The van der Waals surface area contributed by atoms with Crippen LogP contribution in [0, 0.1) is 5.41 Å². The van der Waals surface area contributed by atoms with Crippen LogP contribution in [0.4, 0.5) is 18.0 Å². The van der Waals surface area contributed by atoms with E-state index in [4.69, 9.17) is 27.1 Å². The molecule has 7 rings (SSSR count). The van der Waals surface area contributed by atoms with Crippen molar-refractivity contribution in [3.63, 3.8) is 0 Å². The predicted molar refractivity (Wildman–Crippen MR) is 184 cm³/mol. The summed E-state index contributed by atoms with van der Waals surface area (Å²) in [6, 6.07) is 11.8. The fourth-order valence-electron chi connectivity index (χ4n) is 6.75. The molecule has 2 fully saturated rings. The molecule has 12 nitrogen and oxygen atoms in total. The molecule has 2 amide bonds. The number of aliphatic imine (C=N–C) groups is 2. The molecule has 16 heteroatoms. The number of nitrogens with one attached hydrogen (secondary N) is 3. The van der Waals surface area contributed by atoms with Crippen LogP contribution >= 0.6 is 11.6 Å². The smallest absolute Gasteiger partial charge is 0.411 e. The van der Waals surface area contributed by atoms with E-state index in [0.29, 0.717) is 27.8 Å². The van der Waals surface area contributed by atoms with Crippen molar-refractivity contribution in [1.29, 1.82) is 0 Å². The van der Waals surface area contributed by atoms with Crippen LogP contribution in [0.3, 0.4) is 0 Å². The van der Waals surface area contributed by atoms with Gasteiger partial charge in [-0.05, 0) is 66.3 Å². The fraction of sp³-hybridized carbons (Fsp3) is 0.457. The molecule has 1 unspecified atom stereocenters. The molecule has 2 aromatic carbocycles. The Kier molecular flexibility index (Phi) is 8.56. The summed E-state index contributed by atoms with van der Waals surface area (Å²) in [6.07, 6.45) is 0.817. The van der Waals surface area contributed by atoms with Crippen molar-refractivity contribution < 1.29 is 27.5 Å². The SMILES string of the molecule is CC(C)(C)C[C@]1(c2ccc(-c3cnn(C4CC4)c3)cc2)N=C(N)N([C@H](COC(=O)NC2(C(F)(F)F)CC2)c2ccc(Cl)c(C3N=CNN3)c2)C1=O. The second-order valence-electron chi connectivity index (χ2n) is 14.8. The monoisotopic (exact) mass is 725 g/mol. The van der Waals surface area contributed by atoms with Crippen molar-refractivity contribution in [3.8, 4) is 11.1 Å². The maximum atomic E-state index is 14.9. The van der Waals surface area contributed by atoms with E-state index in [1.54, 1.807) is 18.2 Å². The van der Waals surface area contributed by atoms with Gasteiger partial charge in [-0.15, -0.1) is 0 Å². The minimum absolute atomic E-state index is 0.128. The van der Waals surface area contributed by atoms with Crippen molar-refractivity contribution >= 4 is 35.9 Å². The number of halogens is 4. The normalized spacial score (nSPS) is 23.2. The van der Waals surface area contributed by atoms with Gasteiger partial charge in [-0.2, -0.15) is 18.3 Å². The number of guanidine groups is 1. The summed E-state index contributed by atoms with van der Waals surface area (Å²) < 4.78 is 48.3. The number of carbonyl (C=O) groups excluding carboxylic acids is 2. The zero-order valence-corrected chi connectivity index (χ0v) is 29.1. The summed E-state index contributed by atoms with van der Waals surface area (Å²) >= 11 is 6.54. The molecule has 3 heterocycles. The van der Waals surface area contributed by atoms with Gasteiger partial charge in [0.15, 0.2) is 11.5 Å². The third-order valence-corrected chi connectivity index (χ3v) is 10.00. The molecular weight excluding hydrogens is 687 g/mol. The number of benzene rings is 2. The fourth-order valence-corrected chi connectivity index (χ4v) is 6.97. The number of alkyl carbamates (subject to hydrolysis) is 1. The van der Waals surface area contributed by atoms with Gasteiger partial charge in [0.2, 0.25) is 0 Å².